The van der Waals surface area contributed by atoms with Crippen LogP contribution in [0.5, 0.6) is 0 Å². The van der Waals surface area contributed by atoms with Crippen LogP contribution >= 0.6 is 11.8 Å². The van der Waals surface area contributed by atoms with E-state index in [4.69, 9.17) is 5.73 Å². The minimum atomic E-state index is -0.633. The van der Waals surface area contributed by atoms with E-state index in [1.807, 2.05) is 13.8 Å². The van der Waals surface area contributed by atoms with Gasteiger partial charge in [0.25, 0.3) is 0 Å². The van der Waals surface area contributed by atoms with Crippen molar-refractivity contribution < 1.29 is 14.4 Å². The lowest BCUT2D eigenvalue weighted by Gasteiger charge is -2.32. The third-order valence-electron chi connectivity index (χ3n) is 4.71. The first-order valence-electron chi connectivity index (χ1n) is 7.89. The van der Waals surface area contributed by atoms with E-state index in [1.165, 1.54) is 0 Å². The predicted octanol–water partition coefficient (Wildman–Crippen LogP) is -0.345. The van der Waals surface area contributed by atoms with E-state index in [-0.39, 0.29) is 28.6 Å². The number of fused-ring (bicyclic) bond motifs is 1. The van der Waals surface area contributed by atoms with Crippen molar-refractivity contribution in [2.45, 2.75) is 57.1 Å². The van der Waals surface area contributed by atoms with Crippen molar-refractivity contribution in [1.82, 2.24) is 15.5 Å². The van der Waals surface area contributed by atoms with Crippen molar-refractivity contribution in [1.29, 1.82) is 0 Å². The van der Waals surface area contributed by atoms with Crippen molar-refractivity contribution in [3.05, 3.63) is 0 Å². The summed E-state index contributed by atoms with van der Waals surface area (Å²) in [4.78, 5) is 38.6. The minimum Gasteiger partial charge on any atom is -0.368 e. The van der Waals surface area contributed by atoms with Gasteiger partial charge in [-0.1, -0.05) is 13.8 Å². The molecule has 0 bridgehead atoms. The molecule has 130 valence electrons. The third kappa shape index (κ3) is 3.47. The smallest absolute Gasteiger partial charge is 0.246 e. The second-order valence-corrected chi connectivity index (χ2v) is 8.21. The first-order valence-corrected chi connectivity index (χ1v) is 8.94. The molecular formula is C15H26N4O3S. The van der Waals surface area contributed by atoms with Crippen molar-refractivity contribution in [2.24, 2.45) is 11.1 Å². The Balaban J connectivity index is 2.23. The van der Waals surface area contributed by atoms with E-state index in [9.17, 15) is 14.4 Å². The summed E-state index contributed by atoms with van der Waals surface area (Å²) in [5.74, 6) is -0.149. The molecule has 4 atom stereocenters. The van der Waals surface area contributed by atoms with Gasteiger partial charge in [0.2, 0.25) is 17.7 Å². The van der Waals surface area contributed by atoms with Crippen LogP contribution in [-0.4, -0.2) is 58.9 Å². The Hall–Kier alpha value is -1.28. The molecule has 3 amide bonds. The van der Waals surface area contributed by atoms with Crippen LogP contribution in [0.1, 0.15) is 33.6 Å². The van der Waals surface area contributed by atoms with Gasteiger partial charge in [-0.2, -0.15) is 0 Å². The number of thioether (sulfide) groups is 1. The highest BCUT2D eigenvalue weighted by atomic mass is 32.2. The van der Waals surface area contributed by atoms with E-state index < -0.39 is 18.0 Å². The molecule has 8 heteroatoms. The monoisotopic (exact) mass is 342 g/mol. The van der Waals surface area contributed by atoms with E-state index in [0.29, 0.717) is 6.42 Å². The Kier molecular flexibility index (Phi) is 5.25. The summed E-state index contributed by atoms with van der Waals surface area (Å²) < 4.78 is 0. The highest BCUT2D eigenvalue weighted by Crippen LogP contribution is 2.45. The topological polar surface area (TPSA) is 105 Å². The zero-order valence-corrected chi connectivity index (χ0v) is 14.9. The van der Waals surface area contributed by atoms with Crippen molar-refractivity contribution in [2.75, 3.05) is 12.8 Å². The molecule has 2 aliphatic rings. The number of nitrogens with two attached hydrogens (primary N) is 1. The number of likely N-dealkylation sites (N-methyl/N-ethyl adjacent to an activating group) is 1. The maximum atomic E-state index is 12.9. The van der Waals surface area contributed by atoms with E-state index in [0.717, 1.165) is 12.2 Å². The average molecular weight is 342 g/mol. The molecule has 2 aliphatic heterocycles. The summed E-state index contributed by atoms with van der Waals surface area (Å²) in [6.45, 7) is 5.66. The summed E-state index contributed by atoms with van der Waals surface area (Å²) >= 11 is 1.66. The SMILES string of the molecule is CN[C@@H](C)C(=O)N[C@@H]1CCS[C@H]2CC(C)(C)[C@@H](C(N)=O)N2C1=O. The number of carbonyl (C=O) groups is 3. The zero-order valence-electron chi connectivity index (χ0n) is 14.1. The van der Waals surface area contributed by atoms with Gasteiger partial charge >= 0.3 is 0 Å². The number of nitrogens with zero attached hydrogens (tertiary/aromatic N) is 1. The molecule has 0 aromatic heterocycles. The number of hydrogen-bond donors (Lipinski definition) is 3. The van der Waals surface area contributed by atoms with Gasteiger partial charge in [0.1, 0.15) is 12.1 Å². The van der Waals surface area contributed by atoms with E-state index in [1.54, 1.807) is 30.6 Å². The second kappa shape index (κ2) is 6.68. The Labute approximate surface area is 141 Å². The Bertz CT molecular complexity index is 511. The van der Waals surface area contributed by atoms with Gasteiger partial charge in [0.15, 0.2) is 0 Å². The number of rotatable bonds is 4. The normalized spacial score (nSPS) is 31.2. The number of primary amides is 1. The third-order valence-corrected chi connectivity index (χ3v) is 5.96. The number of amides is 3. The molecule has 2 heterocycles. The van der Waals surface area contributed by atoms with Crippen molar-refractivity contribution >= 4 is 29.5 Å². The summed E-state index contributed by atoms with van der Waals surface area (Å²) in [6.07, 6.45) is 1.29. The van der Waals surface area contributed by atoms with Gasteiger partial charge in [-0.05, 0) is 38.0 Å². The molecule has 0 aliphatic carbocycles. The van der Waals surface area contributed by atoms with Crippen LogP contribution in [0, 0.1) is 5.41 Å². The van der Waals surface area contributed by atoms with Gasteiger partial charge < -0.3 is 21.3 Å². The lowest BCUT2D eigenvalue weighted by atomic mass is 9.84. The largest absolute Gasteiger partial charge is 0.368 e. The van der Waals surface area contributed by atoms with Gasteiger partial charge in [0.05, 0.1) is 11.4 Å². The van der Waals surface area contributed by atoms with Crippen LogP contribution in [0.25, 0.3) is 0 Å². The summed E-state index contributed by atoms with van der Waals surface area (Å²) in [5.41, 5.74) is 5.21. The van der Waals surface area contributed by atoms with Crippen LogP contribution in [-0.2, 0) is 14.4 Å². The van der Waals surface area contributed by atoms with Crippen LogP contribution < -0.4 is 16.4 Å². The first kappa shape index (κ1) is 18.1. The molecule has 0 saturated carbocycles. The standard InChI is InChI=1S/C15H26N4O3S/c1-8(17-4)13(21)18-9-5-6-23-10-7-15(2,3)11(12(16)20)19(10)14(9)22/h8-11,17H,5-7H2,1-4H3,(H2,16,20)(H,18,21)/t8-,9+,10-,11+/m0/s1. The highest BCUT2D eigenvalue weighted by Gasteiger charge is 2.53. The summed E-state index contributed by atoms with van der Waals surface area (Å²) in [7, 11) is 1.69. The molecule has 0 spiro atoms. The van der Waals surface area contributed by atoms with Crippen LogP contribution in [0.3, 0.4) is 0 Å². The Morgan fingerprint density at radius 1 is 1.43 bits per heavy atom. The maximum Gasteiger partial charge on any atom is 0.246 e. The molecule has 2 saturated heterocycles. The van der Waals surface area contributed by atoms with Crippen LogP contribution in [0.15, 0.2) is 0 Å². The van der Waals surface area contributed by atoms with Crippen LogP contribution in [0.4, 0.5) is 0 Å². The number of carbonyl (C=O) groups excluding carboxylic acids is 3. The van der Waals surface area contributed by atoms with Gasteiger partial charge in [-0.15, -0.1) is 11.8 Å². The number of hydrogen-bond acceptors (Lipinski definition) is 5. The molecule has 23 heavy (non-hydrogen) atoms. The molecule has 7 nitrogen and oxygen atoms in total. The molecule has 2 rings (SSSR count). The highest BCUT2D eigenvalue weighted by molar-refractivity contribution is 7.99. The fourth-order valence-corrected chi connectivity index (χ4v) is 4.90. The van der Waals surface area contributed by atoms with Gasteiger partial charge in [-0.25, -0.2) is 0 Å². The quantitative estimate of drug-likeness (QED) is 0.648. The molecule has 0 aromatic carbocycles. The molecule has 0 aromatic rings. The van der Waals surface area contributed by atoms with Crippen LogP contribution in [0.2, 0.25) is 0 Å². The Morgan fingerprint density at radius 2 is 2.09 bits per heavy atom. The van der Waals surface area contributed by atoms with Gasteiger partial charge in [0, 0.05) is 0 Å². The van der Waals surface area contributed by atoms with Gasteiger partial charge in [-0.3, -0.25) is 14.4 Å². The predicted molar refractivity (Wildman–Crippen MR) is 89.5 cm³/mol. The fraction of sp³-hybridized carbons (Fsp3) is 0.800. The van der Waals surface area contributed by atoms with E-state index in [2.05, 4.69) is 10.6 Å². The lowest BCUT2D eigenvalue weighted by Crippen LogP contribution is -2.57. The number of nitrogens with one attached hydrogen (secondary N) is 2. The average Bonchev–Trinajstić information content (AvgIpc) is 2.66. The minimum absolute atomic E-state index is 0.0568. The van der Waals surface area contributed by atoms with E-state index >= 15 is 0 Å². The first-order chi connectivity index (χ1) is 10.7. The lowest BCUT2D eigenvalue weighted by molar-refractivity contribution is -0.142. The molecular weight excluding hydrogens is 316 g/mol. The second-order valence-electron chi connectivity index (χ2n) is 6.93. The zero-order chi connectivity index (χ0) is 17.4. The molecule has 0 unspecified atom stereocenters. The fourth-order valence-electron chi connectivity index (χ4n) is 3.32. The summed E-state index contributed by atoms with van der Waals surface area (Å²) in [5, 5.41) is 5.60. The molecule has 4 N–H and O–H groups in total. The van der Waals surface area contributed by atoms with Crippen molar-refractivity contribution in [3.8, 4) is 0 Å². The molecule has 0 radical (unpaired) electrons. The summed E-state index contributed by atoms with van der Waals surface area (Å²) in [6, 6.07) is -1.62. The Morgan fingerprint density at radius 3 is 2.65 bits per heavy atom. The van der Waals surface area contributed by atoms with Crippen molar-refractivity contribution in [3.63, 3.8) is 0 Å². The molecule has 2 fully saturated rings. The maximum absolute atomic E-state index is 12.9.